The predicted octanol–water partition coefficient (Wildman–Crippen LogP) is -0.0413. The number of carbonyl (C=O) groups is 2. The van der Waals surface area contributed by atoms with Crippen LogP contribution < -0.4 is 11.0 Å². The van der Waals surface area contributed by atoms with Gasteiger partial charge in [0.25, 0.3) is 0 Å². The van der Waals surface area contributed by atoms with Crippen LogP contribution in [0.3, 0.4) is 0 Å². The second-order valence-corrected chi connectivity index (χ2v) is 7.22. The van der Waals surface area contributed by atoms with Crippen LogP contribution in [0.5, 0.6) is 0 Å². The molecule has 1 saturated carbocycles. The van der Waals surface area contributed by atoms with Crippen molar-refractivity contribution in [2.75, 3.05) is 13.1 Å². The Hall–Kier alpha value is -2.12. The van der Waals surface area contributed by atoms with Crippen molar-refractivity contribution in [2.24, 2.45) is 20.0 Å². The molecular formula is C17H27N5O3. The van der Waals surface area contributed by atoms with Crippen molar-refractivity contribution in [1.29, 1.82) is 0 Å². The van der Waals surface area contributed by atoms with Gasteiger partial charge < -0.3 is 10.2 Å². The fraction of sp³-hybridized carbons (Fsp3) is 0.765. The second-order valence-electron chi connectivity index (χ2n) is 7.22. The summed E-state index contributed by atoms with van der Waals surface area (Å²) >= 11 is 0. The van der Waals surface area contributed by atoms with Gasteiger partial charge in [-0.05, 0) is 25.2 Å². The molecule has 2 aliphatic rings. The molecule has 8 nitrogen and oxygen atoms in total. The predicted molar refractivity (Wildman–Crippen MR) is 91.9 cm³/mol. The molecule has 1 aliphatic carbocycles. The molecule has 25 heavy (non-hydrogen) atoms. The van der Waals surface area contributed by atoms with E-state index in [9.17, 15) is 14.4 Å². The Morgan fingerprint density at radius 2 is 1.96 bits per heavy atom. The lowest BCUT2D eigenvalue weighted by molar-refractivity contribution is -0.133. The lowest BCUT2D eigenvalue weighted by Crippen LogP contribution is -2.47. The van der Waals surface area contributed by atoms with Crippen molar-refractivity contribution < 1.29 is 9.59 Å². The van der Waals surface area contributed by atoms with Crippen molar-refractivity contribution in [3.8, 4) is 0 Å². The molecule has 1 saturated heterocycles. The van der Waals surface area contributed by atoms with Crippen LogP contribution in [0.2, 0.25) is 0 Å². The zero-order valence-electron chi connectivity index (χ0n) is 15.0. The zero-order valence-corrected chi connectivity index (χ0v) is 15.0. The monoisotopic (exact) mass is 349 g/mol. The first kappa shape index (κ1) is 17.7. The quantitative estimate of drug-likeness (QED) is 0.808. The molecule has 3 rings (SSSR count). The number of amides is 2. The average Bonchev–Trinajstić information content (AvgIpc) is 3.08. The largest absolute Gasteiger partial charge is 0.352 e. The number of hydrogen-bond acceptors (Lipinski definition) is 4. The van der Waals surface area contributed by atoms with E-state index in [2.05, 4.69) is 10.4 Å². The number of likely N-dealkylation sites (tertiary alicyclic amines) is 1. The van der Waals surface area contributed by atoms with Gasteiger partial charge in [0.05, 0.1) is 6.54 Å². The van der Waals surface area contributed by atoms with Crippen LogP contribution in [0.1, 0.15) is 44.3 Å². The maximum atomic E-state index is 12.4. The number of carbonyl (C=O) groups excluding carboxylic acids is 2. The number of nitrogens with one attached hydrogen (secondary N) is 1. The Balaban J connectivity index is 1.62. The molecule has 0 spiro atoms. The molecule has 2 fully saturated rings. The summed E-state index contributed by atoms with van der Waals surface area (Å²) in [4.78, 5) is 37.5. The molecule has 1 N–H and O–H groups in total. The summed E-state index contributed by atoms with van der Waals surface area (Å²) in [5.41, 5.74) is -0.126. The number of aromatic nitrogens is 3. The molecule has 2 amide bonds. The SMILES string of the molecule is Cn1nc(C[C@H]2CCCC[C@H]2NC(=O)CN2CCCC2=O)n(C)c1=O. The van der Waals surface area contributed by atoms with Crippen molar-refractivity contribution >= 4 is 11.8 Å². The first-order chi connectivity index (χ1) is 12.0. The molecule has 0 radical (unpaired) electrons. The van der Waals surface area contributed by atoms with Crippen molar-refractivity contribution in [1.82, 2.24) is 24.6 Å². The van der Waals surface area contributed by atoms with E-state index in [1.807, 2.05) is 0 Å². The summed E-state index contributed by atoms with van der Waals surface area (Å²) in [6, 6.07) is 0.0797. The molecular weight excluding hydrogens is 322 g/mol. The minimum absolute atomic E-state index is 0.0684. The third kappa shape index (κ3) is 3.93. The Morgan fingerprint density at radius 3 is 2.60 bits per heavy atom. The van der Waals surface area contributed by atoms with Gasteiger partial charge in [0, 0.05) is 39.5 Å². The minimum Gasteiger partial charge on any atom is -0.352 e. The Morgan fingerprint density at radius 1 is 1.20 bits per heavy atom. The van der Waals surface area contributed by atoms with Crippen molar-refractivity contribution in [3.63, 3.8) is 0 Å². The number of nitrogens with zero attached hydrogens (tertiary/aromatic N) is 4. The highest BCUT2D eigenvalue weighted by Gasteiger charge is 2.30. The van der Waals surface area contributed by atoms with E-state index >= 15 is 0 Å². The first-order valence-electron chi connectivity index (χ1n) is 9.11. The summed E-state index contributed by atoms with van der Waals surface area (Å²) in [5.74, 6) is 1.02. The topological polar surface area (TPSA) is 89.2 Å². The third-order valence-corrected chi connectivity index (χ3v) is 5.42. The number of hydrogen-bond donors (Lipinski definition) is 1. The summed E-state index contributed by atoms with van der Waals surface area (Å²) in [7, 11) is 3.39. The normalized spacial score (nSPS) is 23.9. The van der Waals surface area contributed by atoms with E-state index < -0.39 is 0 Å². The Bertz CT molecular complexity index is 708. The van der Waals surface area contributed by atoms with Gasteiger partial charge in [0.15, 0.2) is 0 Å². The summed E-state index contributed by atoms with van der Waals surface area (Å²) in [6.07, 6.45) is 6.23. The van der Waals surface area contributed by atoms with Gasteiger partial charge in [-0.1, -0.05) is 12.8 Å². The molecule has 0 unspecified atom stereocenters. The van der Waals surface area contributed by atoms with Crippen LogP contribution in [0.4, 0.5) is 0 Å². The lowest BCUT2D eigenvalue weighted by atomic mass is 9.82. The van der Waals surface area contributed by atoms with Crippen LogP contribution in [-0.4, -0.2) is 50.2 Å². The number of rotatable bonds is 5. The fourth-order valence-corrected chi connectivity index (χ4v) is 3.96. The van der Waals surface area contributed by atoms with E-state index in [0.717, 1.165) is 37.9 Å². The molecule has 1 aromatic heterocycles. The van der Waals surface area contributed by atoms with Gasteiger partial charge in [-0.15, -0.1) is 0 Å². The molecule has 8 heteroatoms. The van der Waals surface area contributed by atoms with Gasteiger partial charge in [-0.2, -0.15) is 5.10 Å². The third-order valence-electron chi connectivity index (χ3n) is 5.42. The summed E-state index contributed by atoms with van der Waals surface area (Å²) in [6.45, 7) is 0.834. The van der Waals surface area contributed by atoms with Gasteiger partial charge in [0.2, 0.25) is 11.8 Å². The lowest BCUT2D eigenvalue weighted by Gasteiger charge is -2.32. The second kappa shape index (κ2) is 7.41. The van der Waals surface area contributed by atoms with Crippen molar-refractivity contribution in [2.45, 2.75) is 51.0 Å². The highest BCUT2D eigenvalue weighted by Crippen LogP contribution is 2.27. The molecule has 1 aliphatic heterocycles. The van der Waals surface area contributed by atoms with E-state index in [4.69, 9.17) is 0 Å². The summed E-state index contributed by atoms with van der Waals surface area (Å²) in [5, 5.41) is 7.43. The van der Waals surface area contributed by atoms with Crippen LogP contribution in [0, 0.1) is 5.92 Å². The van der Waals surface area contributed by atoms with E-state index in [1.54, 1.807) is 23.6 Å². The molecule has 1 aromatic rings. The maximum absolute atomic E-state index is 12.4. The Labute approximate surface area is 147 Å². The highest BCUT2D eigenvalue weighted by molar-refractivity contribution is 5.85. The highest BCUT2D eigenvalue weighted by atomic mass is 16.2. The van der Waals surface area contributed by atoms with Gasteiger partial charge in [-0.3, -0.25) is 14.2 Å². The molecule has 2 atom stereocenters. The summed E-state index contributed by atoms with van der Waals surface area (Å²) < 4.78 is 2.93. The van der Waals surface area contributed by atoms with Gasteiger partial charge in [0.1, 0.15) is 5.82 Å². The molecule has 138 valence electrons. The van der Waals surface area contributed by atoms with Crippen LogP contribution in [0.25, 0.3) is 0 Å². The van der Waals surface area contributed by atoms with Crippen LogP contribution >= 0.6 is 0 Å². The maximum Gasteiger partial charge on any atom is 0.345 e. The first-order valence-corrected chi connectivity index (χ1v) is 9.11. The van der Waals surface area contributed by atoms with Crippen LogP contribution in [-0.2, 0) is 30.1 Å². The van der Waals surface area contributed by atoms with Gasteiger partial charge in [-0.25, -0.2) is 9.48 Å². The van der Waals surface area contributed by atoms with E-state index in [1.165, 1.54) is 4.68 Å². The minimum atomic E-state index is -0.126. The Kier molecular flexibility index (Phi) is 5.24. The number of aryl methyl sites for hydroxylation is 1. The molecule has 0 aromatic carbocycles. The zero-order chi connectivity index (χ0) is 18.0. The molecule has 0 bridgehead atoms. The van der Waals surface area contributed by atoms with E-state index in [0.29, 0.717) is 19.4 Å². The van der Waals surface area contributed by atoms with Crippen molar-refractivity contribution in [3.05, 3.63) is 16.3 Å². The van der Waals surface area contributed by atoms with Crippen LogP contribution in [0.15, 0.2) is 4.79 Å². The van der Waals surface area contributed by atoms with E-state index in [-0.39, 0.29) is 36.0 Å². The standard InChI is InChI=1S/C17H27N5O3/c1-20-14(19-21(2)17(20)25)10-12-6-3-4-7-13(12)18-15(23)11-22-9-5-8-16(22)24/h12-13H,3-11H2,1-2H3,(H,18,23)/t12-,13-/m1/s1. The smallest absolute Gasteiger partial charge is 0.345 e. The fourth-order valence-electron chi connectivity index (χ4n) is 3.96. The molecule has 2 heterocycles. The average molecular weight is 349 g/mol. The van der Waals surface area contributed by atoms with Gasteiger partial charge >= 0.3 is 5.69 Å².